The van der Waals surface area contributed by atoms with Gasteiger partial charge in [-0.15, -0.1) is 0 Å². The molecule has 1 unspecified atom stereocenters. The second kappa shape index (κ2) is 4.11. The van der Waals surface area contributed by atoms with Gasteiger partial charge in [0, 0.05) is 6.61 Å². The average Bonchev–Trinajstić information content (AvgIpc) is 2.85. The fourth-order valence-corrected chi connectivity index (χ4v) is 1.71. The molecule has 1 aromatic heterocycles. The van der Waals surface area contributed by atoms with E-state index in [1.165, 1.54) is 0 Å². The van der Waals surface area contributed by atoms with E-state index in [2.05, 4.69) is 4.98 Å². The third-order valence-corrected chi connectivity index (χ3v) is 2.48. The first-order valence-electron chi connectivity index (χ1n) is 5.06. The first kappa shape index (κ1) is 9.68. The maximum atomic E-state index is 9.03. The van der Waals surface area contributed by atoms with Gasteiger partial charge in [0.1, 0.15) is 12.7 Å². The number of aromatic nitrogens is 1. The number of nitrogens with zero attached hydrogens (tertiary/aromatic N) is 1. The van der Waals surface area contributed by atoms with Crippen molar-refractivity contribution in [3.8, 4) is 0 Å². The molecule has 1 atom stereocenters. The monoisotopic (exact) mass is 197 g/mol. The van der Waals surface area contributed by atoms with E-state index in [9.17, 15) is 0 Å². The summed E-state index contributed by atoms with van der Waals surface area (Å²) in [4.78, 5) is 4.33. The standard InChI is InChI=1S/C10H15NO3/c1-2-7-9(6-12)14-10(11-7)8-4-3-5-13-8/h8,12H,2-6H2,1H3. The molecule has 0 bridgehead atoms. The smallest absolute Gasteiger partial charge is 0.223 e. The molecule has 2 rings (SSSR count). The molecule has 14 heavy (non-hydrogen) atoms. The molecule has 1 aliphatic rings. The lowest BCUT2D eigenvalue weighted by Crippen LogP contribution is -1.95. The first-order valence-corrected chi connectivity index (χ1v) is 5.06. The molecule has 1 fully saturated rings. The molecule has 4 nitrogen and oxygen atoms in total. The second-order valence-corrected chi connectivity index (χ2v) is 3.44. The number of oxazole rings is 1. The van der Waals surface area contributed by atoms with Crippen LogP contribution in [0.25, 0.3) is 0 Å². The van der Waals surface area contributed by atoms with Crippen molar-refractivity contribution in [2.24, 2.45) is 0 Å². The van der Waals surface area contributed by atoms with E-state index in [-0.39, 0.29) is 12.7 Å². The Kier molecular flexibility index (Phi) is 2.84. The predicted molar refractivity (Wildman–Crippen MR) is 49.7 cm³/mol. The minimum atomic E-state index is -0.0805. The molecular formula is C10H15NO3. The fraction of sp³-hybridized carbons (Fsp3) is 0.700. The van der Waals surface area contributed by atoms with Crippen molar-refractivity contribution in [3.63, 3.8) is 0 Å². The fourth-order valence-electron chi connectivity index (χ4n) is 1.71. The number of rotatable bonds is 3. The maximum Gasteiger partial charge on any atom is 0.223 e. The zero-order valence-corrected chi connectivity index (χ0v) is 8.32. The summed E-state index contributed by atoms with van der Waals surface area (Å²) in [5, 5.41) is 9.03. The van der Waals surface area contributed by atoms with E-state index < -0.39 is 0 Å². The molecule has 1 aliphatic heterocycles. The van der Waals surface area contributed by atoms with Gasteiger partial charge in [-0.25, -0.2) is 4.98 Å². The van der Waals surface area contributed by atoms with Crippen LogP contribution in [-0.4, -0.2) is 16.7 Å². The maximum absolute atomic E-state index is 9.03. The lowest BCUT2D eigenvalue weighted by molar-refractivity contribution is 0.0862. The molecule has 78 valence electrons. The Morgan fingerprint density at radius 1 is 1.57 bits per heavy atom. The van der Waals surface area contributed by atoms with Gasteiger partial charge in [-0.3, -0.25) is 0 Å². The molecule has 1 aromatic rings. The molecule has 0 aromatic carbocycles. The van der Waals surface area contributed by atoms with Crippen LogP contribution in [-0.2, 0) is 17.8 Å². The van der Waals surface area contributed by atoms with Gasteiger partial charge in [-0.2, -0.15) is 0 Å². The molecule has 0 amide bonds. The normalized spacial score (nSPS) is 21.7. The number of aliphatic hydroxyl groups is 1. The molecule has 2 heterocycles. The SMILES string of the molecule is CCc1nc(C2CCCO2)oc1CO. The van der Waals surface area contributed by atoms with Crippen LogP contribution >= 0.6 is 0 Å². The lowest BCUT2D eigenvalue weighted by atomic mass is 10.2. The largest absolute Gasteiger partial charge is 0.440 e. The number of aliphatic hydroxyl groups excluding tert-OH is 1. The van der Waals surface area contributed by atoms with Gasteiger partial charge >= 0.3 is 0 Å². The van der Waals surface area contributed by atoms with E-state index in [0.717, 1.165) is 31.6 Å². The summed E-state index contributed by atoms with van der Waals surface area (Å²) in [6, 6.07) is 0. The summed E-state index contributed by atoms with van der Waals surface area (Å²) < 4.78 is 10.9. The minimum Gasteiger partial charge on any atom is -0.440 e. The molecule has 1 saturated heterocycles. The van der Waals surface area contributed by atoms with Crippen LogP contribution < -0.4 is 0 Å². The highest BCUT2D eigenvalue weighted by molar-refractivity contribution is 5.10. The van der Waals surface area contributed by atoms with Crippen molar-refractivity contribution < 1.29 is 14.3 Å². The Hall–Kier alpha value is -0.870. The van der Waals surface area contributed by atoms with E-state index in [0.29, 0.717) is 11.7 Å². The minimum absolute atomic E-state index is 0.000556. The van der Waals surface area contributed by atoms with Crippen LogP contribution in [0.5, 0.6) is 0 Å². The third kappa shape index (κ3) is 1.67. The van der Waals surface area contributed by atoms with Crippen molar-refractivity contribution in [1.82, 2.24) is 4.98 Å². The molecule has 0 aliphatic carbocycles. The van der Waals surface area contributed by atoms with Crippen molar-refractivity contribution in [2.45, 2.75) is 38.9 Å². The predicted octanol–water partition coefficient (Wildman–Crippen LogP) is 1.58. The zero-order valence-electron chi connectivity index (χ0n) is 8.32. The van der Waals surface area contributed by atoms with E-state index in [4.69, 9.17) is 14.3 Å². The van der Waals surface area contributed by atoms with Gasteiger partial charge in [0.05, 0.1) is 5.69 Å². The highest BCUT2D eigenvalue weighted by Crippen LogP contribution is 2.29. The number of ether oxygens (including phenoxy) is 1. The number of hydrogen-bond donors (Lipinski definition) is 1. The Balaban J connectivity index is 2.21. The second-order valence-electron chi connectivity index (χ2n) is 3.44. The first-order chi connectivity index (χ1) is 6.85. The Morgan fingerprint density at radius 3 is 2.93 bits per heavy atom. The molecular weight excluding hydrogens is 182 g/mol. The Morgan fingerprint density at radius 2 is 2.43 bits per heavy atom. The number of aryl methyl sites for hydroxylation is 1. The summed E-state index contributed by atoms with van der Waals surface area (Å²) in [6.45, 7) is 2.70. The van der Waals surface area contributed by atoms with Crippen molar-refractivity contribution in [3.05, 3.63) is 17.3 Å². The van der Waals surface area contributed by atoms with Crippen molar-refractivity contribution >= 4 is 0 Å². The molecule has 1 N–H and O–H groups in total. The lowest BCUT2D eigenvalue weighted by Gasteiger charge is -2.02. The third-order valence-electron chi connectivity index (χ3n) is 2.48. The van der Waals surface area contributed by atoms with Crippen LogP contribution in [0, 0.1) is 0 Å². The molecule has 4 heteroatoms. The zero-order chi connectivity index (χ0) is 9.97. The molecule has 0 saturated carbocycles. The summed E-state index contributed by atoms with van der Waals surface area (Å²) >= 11 is 0. The van der Waals surface area contributed by atoms with Crippen LogP contribution in [0.1, 0.15) is 43.2 Å². The van der Waals surface area contributed by atoms with Crippen molar-refractivity contribution in [1.29, 1.82) is 0 Å². The van der Waals surface area contributed by atoms with Crippen molar-refractivity contribution in [2.75, 3.05) is 6.61 Å². The van der Waals surface area contributed by atoms with Gasteiger partial charge in [-0.1, -0.05) is 6.92 Å². The summed E-state index contributed by atoms with van der Waals surface area (Å²) in [6.07, 6.45) is 2.81. The van der Waals surface area contributed by atoms with Crippen LogP contribution in [0.2, 0.25) is 0 Å². The van der Waals surface area contributed by atoms with Gasteiger partial charge in [-0.05, 0) is 19.3 Å². The topological polar surface area (TPSA) is 55.5 Å². The number of hydrogen-bond acceptors (Lipinski definition) is 4. The van der Waals surface area contributed by atoms with Crippen LogP contribution in [0.4, 0.5) is 0 Å². The van der Waals surface area contributed by atoms with E-state index in [1.807, 2.05) is 6.92 Å². The van der Waals surface area contributed by atoms with Crippen LogP contribution in [0.15, 0.2) is 4.42 Å². The van der Waals surface area contributed by atoms with E-state index >= 15 is 0 Å². The Bertz CT molecular complexity index is 281. The summed E-state index contributed by atoms with van der Waals surface area (Å²) in [7, 11) is 0. The van der Waals surface area contributed by atoms with Gasteiger partial charge in [0.25, 0.3) is 0 Å². The highest BCUT2D eigenvalue weighted by Gasteiger charge is 2.24. The molecule has 0 radical (unpaired) electrons. The summed E-state index contributed by atoms with van der Waals surface area (Å²) in [5.74, 6) is 1.21. The summed E-state index contributed by atoms with van der Waals surface area (Å²) in [5.41, 5.74) is 0.845. The highest BCUT2D eigenvalue weighted by atomic mass is 16.5. The van der Waals surface area contributed by atoms with Gasteiger partial charge in [0.15, 0.2) is 5.76 Å². The quantitative estimate of drug-likeness (QED) is 0.799. The van der Waals surface area contributed by atoms with Gasteiger partial charge < -0.3 is 14.3 Å². The molecule has 0 spiro atoms. The van der Waals surface area contributed by atoms with E-state index in [1.54, 1.807) is 0 Å². The Labute approximate surface area is 82.9 Å². The average molecular weight is 197 g/mol. The van der Waals surface area contributed by atoms with Crippen LogP contribution in [0.3, 0.4) is 0 Å². The van der Waals surface area contributed by atoms with Gasteiger partial charge in [0.2, 0.25) is 5.89 Å².